The number of fused-ring (bicyclic) bond motifs is 7. The van der Waals surface area contributed by atoms with Crippen LogP contribution in [0.2, 0.25) is 0 Å². The topological polar surface area (TPSA) is 99.1 Å². The van der Waals surface area contributed by atoms with Crippen LogP contribution in [-0.2, 0) is 28.6 Å². The molecule has 0 aromatic heterocycles. The van der Waals surface area contributed by atoms with Gasteiger partial charge in [0.2, 0.25) is 5.78 Å². The highest BCUT2D eigenvalue weighted by molar-refractivity contribution is 5.93. The van der Waals surface area contributed by atoms with E-state index in [1.807, 2.05) is 20.8 Å². The van der Waals surface area contributed by atoms with Gasteiger partial charge < -0.3 is 19.3 Å². The van der Waals surface area contributed by atoms with Crippen molar-refractivity contribution in [3.05, 3.63) is 11.6 Å². The number of aliphatic hydroxyl groups excluding tert-OH is 1. The number of ketones is 2. The first-order chi connectivity index (χ1) is 17.9. The Balaban J connectivity index is 1.55. The molecule has 1 unspecified atom stereocenters. The molecule has 5 rings (SSSR count). The molecule has 5 aliphatic rings. The number of aliphatic hydroxyl groups is 1. The van der Waals surface area contributed by atoms with Crippen molar-refractivity contribution in [3.8, 4) is 0 Å². The molecule has 0 aromatic carbocycles. The molecule has 0 aromatic rings. The first-order valence-corrected chi connectivity index (χ1v) is 14.2. The zero-order chi connectivity index (χ0) is 27.7. The summed E-state index contributed by atoms with van der Waals surface area (Å²) in [5.74, 6) is -2.60. The molecule has 0 bridgehead atoms. The fourth-order valence-electron chi connectivity index (χ4n) is 8.77. The minimum atomic E-state index is -2.18. The molecule has 1 N–H and O–H groups in total. The molecule has 1 heterocycles. The van der Waals surface area contributed by atoms with Crippen molar-refractivity contribution in [2.24, 2.45) is 22.7 Å². The molecule has 7 nitrogen and oxygen atoms in total. The van der Waals surface area contributed by atoms with Crippen molar-refractivity contribution in [1.82, 2.24) is 0 Å². The van der Waals surface area contributed by atoms with Gasteiger partial charge in [0.05, 0.1) is 12.2 Å². The molecule has 10 atom stereocenters. The van der Waals surface area contributed by atoms with Gasteiger partial charge in [-0.15, -0.1) is 0 Å². The number of hydrogen-bond acceptors (Lipinski definition) is 7. The van der Waals surface area contributed by atoms with Crippen LogP contribution in [-0.4, -0.2) is 65.2 Å². The average molecular weight is 539 g/mol. The Labute approximate surface area is 222 Å². The van der Waals surface area contributed by atoms with Gasteiger partial charge in [0.1, 0.15) is 11.8 Å². The van der Waals surface area contributed by atoms with Crippen LogP contribution in [0.1, 0.15) is 85.5 Å². The summed E-state index contributed by atoms with van der Waals surface area (Å²) >= 11 is 0. The van der Waals surface area contributed by atoms with E-state index in [1.165, 1.54) is 6.08 Å². The van der Waals surface area contributed by atoms with E-state index >= 15 is 8.78 Å². The molecule has 38 heavy (non-hydrogen) atoms. The summed E-state index contributed by atoms with van der Waals surface area (Å²) < 4.78 is 51.2. The normalized spacial score (nSPS) is 47.4. The lowest BCUT2D eigenvalue weighted by atomic mass is 9.43. The van der Waals surface area contributed by atoms with Gasteiger partial charge in [0.15, 0.2) is 24.3 Å². The fraction of sp³-hybridized carbons (Fsp3) is 0.828. The summed E-state index contributed by atoms with van der Waals surface area (Å²) in [5, 5.41) is 11.6. The number of carbonyl (C=O) groups excluding carboxylic acids is 3. The monoisotopic (exact) mass is 538 g/mol. The van der Waals surface area contributed by atoms with Gasteiger partial charge in [-0.2, -0.15) is 0 Å². The van der Waals surface area contributed by atoms with Gasteiger partial charge in [0.25, 0.3) is 0 Å². The predicted molar refractivity (Wildman–Crippen MR) is 132 cm³/mol. The van der Waals surface area contributed by atoms with Gasteiger partial charge >= 0.3 is 5.97 Å². The number of alkyl halides is 2. The lowest BCUT2D eigenvalue weighted by Gasteiger charge is -2.64. The van der Waals surface area contributed by atoms with Crippen molar-refractivity contribution in [2.75, 3.05) is 6.61 Å². The molecular weight excluding hydrogens is 498 g/mol. The highest BCUT2D eigenvalue weighted by Gasteiger charge is 2.80. The zero-order valence-corrected chi connectivity index (χ0v) is 22.8. The molecule has 4 aliphatic carbocycles. The molecule has 4 fully saturated rings. The number of rotatable bonds is 7. The van der Waals surface area contributed by atoms with Crippen LogP contribution >= 0.6 is 0 Å². The summed E-state index contributed by atoms with van der Waals surface area (Å²) in [6.07, 6.45) is -0.896. The number of halogens is 2. The summed E-state index contributed by atoms with van der Waals surface area (Å²) in [4.78, 5) is 38.1. The summed E-state index contributed by atoms with van der Waals surface area (Å²) in [6.45, 7) is 6.75. The van der Waals surface area contributed by atoms with E-state index < -0.39 is 77.0 Å². The standard InChI is InChI=1S/C29H40F2O7/c1-5-7-24(35)36-15-22(34)29-23(37-25(38-29)8-6-2)13-17-18-12-20(30)19-11-16(32)9-10-26(19,3)28(18,31)21(33)14-27(17,29)4/h11,17-18,20-21,23,25,33H,5-10,12-15H2,1-4H3/t17-,18-,20-,21-,23+,25?,26-,27-,28-,29+/m0/s1. The van der Waals surface area contributed by atoms with Crippen molar-refractivity contribution in [3.63, 3.8) is 0 Å². The highest BCUT2D eigenvalue weighted by Crippen LogP contribution is 2.72. The number of esters is 1. The van der Waals surface area contributed by atoms with E-state index in [0.717, 1.165) is 6.42 Å². The number of allylic oxidation sites excluding steroid dienone is 1. The number of hydrogen-bond donors (Lipinski definition) is 1. The Kier molecular flexibility index (Phi) is 6.92. The van der Waals surface area contributed by atoms with Crippen LogP contribution in [0.25, 0.3) is 0 Å². The van der Waals surface area contributed by atoms with E-state index in [1.54, 1.807) is 6.92 Å². The third kappa shape index (κ3) is 3.56. The Hall–Kier alpha value is -1.71. The van der Waals surface area contributed by atoms with E-state index in [4.69, 9.17) is 14.2 Å². The van der Waals surface area contributed by atoms with Crippen LogP contribution in [0.15, 0.2) is 11.6 Å². The largest absolute Gasteiger partial charge is 0.458 e. The minimum Gasteiger partial charge on any atom is -0.458 e. The molecule has 3 saturated carbocycles. The van der Waals surface area contributed by atoms with Crippen molar-refractivity contribution in [2.45, 2.75) is 121 Å². The maximum Gasteiger partial charge on any atom is 0.306 e. The quantitative estimate of drug-likeness (QED) is 0.482. The highest BCUT2D eigenvalue weighted by atomic mass is 19.1. The summed E-state index contributed by atoms with van der Waals surface area (Å²) in [5.41, 5.74) is -5.99. The zero-order valence-electron chi connectivity index (χ0n) is 22.8. The molecule has 0 amide bonds. The Morgan fingerprint density at radius 2 is 1.92 bits per heavy atom. The second-order valence-electron chi connectivity index (χ2n) is 12.5. The average Bonchev–Trinajstić information content (AvgIpc) is 3.34. The molecule has 1 aliphatic heterocycles. The Morgan fingerprint density at radius 1 is 1.18 bits per heavy atom. The van der Waals surface area contributed by atoms with Crippen LogP contribution in [0, 0.1) is 22.7 Å². The maximum absolute atomic E-state index is 17.5. The number of Topliss-reactive ketones (excluding diaryl/α,β-unsaturated/α-hetero) is 1. The van der Waals surface area contributed by atoms with E-state index in [2.05, 4.69) is 0 Å². The summed E-state index contributed by atoms with van der Waals surface area (Å²) in [6, 6.07) is 0. The molecule has 1 saturated heterocycles. The second-order valence-corrected chi connectivity index (χ2v) is 12.5. The van der Waals surface area contributed by atoms with Crippen LogP contribution in [0.5, 0.6) is 0 Å². The lowest BCUT2D eigenvalue weighted by molar-refractivity contribution is -0.242. The minimum absolute atomic E-state index is 0.0915. The SMILES string of the molecule is CCCC(=O)OCC(=O)[C@@]12OC(CCC)O[C@@H]1C[C@H]1[C@@H]3C[C@H](F)C4=CC(=O)CC[C@]4(C)[C@@]3(F)[C@@H](O)C[C@@]12C. The van der Waals surface area contributed by atoms with Crippen molar-refractivity contribution in [1.29, 1.82) is 0 Å². The Morgan fingerprint density at radius 3 is 2.61 bits per heavy atom. The van der Waals surface area contributed by atoms with Crippen molar-refractivity contribution < 1.29 is 42.5 Å². The van der Waals surface area contributed by atoms with Gasteiger partial charge in [-0.25, -0.2) is 8.78 Å². The van der Waals surface area contributed by atoms with Crippen LogP contribution in [0.3, 0.4) is 0 Å². The van der Waals surface area contributed by atoms with E-state index in [-0.39, 0.29) is 49.9 Å². The third-order valence-corrected chi connectivity index (χ3v) is 10.6. The maximum atomic E-state index is 17.5. The fourth-order valence-corrected chi connectivity index (χ4v) is 8.77. The van der Waals surface area contributed by atoms with Crippen LogP contribution < -0.4 is 0 Å². The van der Waals surface area contributed by atoms with Gasteiger partial charge in [-0.1, -0.05) is 34.1 Å². The first-order valence-electron chi connectivity index (χ1n) is 14.2. The van der Waals surface area contributed by atoms with Crippen molar-refractivity contribution >= 4 is 17.5 Å². The Bertz CT molecular complexity index is 1050. The predicted octanol–water partition coefficient (Wildman–Crippen LogP) is 4.33. The van der Waals surface area contributed by atoms with E-state index in [0.29, 0.717) is 12.8 Å². The van der Waals surface area contributed by atoms with Gasteiger partial charge in [0, 0.05) is 29.6 Å². The third-order valence-electron chi connectivity index (χ3n) is 10.6. The second kappa shape index (κ2) is 9.44. The smallest absolute Gasteiger partial charge is 0.306 e. The molecule has 0 radical (unpaired) electrons. The molecule has 212 valence electrons. The van der Waals surface area contributed by atoms with Gasteiger partial charge in [-0.3, -0.25) is 14.4 Å². The number of ether oxygens (including phenoxy) is 3. The summed E-state index contributed by atoms with van der Waals surface area (Å²) in [7, 11) is 0. The first kappa shape index (κ1) is 27.8. The molecule has 0 spiro atoms. The van der Waals surface area contributed by atoms with Gasteiger partial charge in [-0.05, 0) is 56.1 Å². The van der Waals surface area contributed by atoms with E-state index in [9.17, 15) is 19.5 Å². The number of carbonyl (C=O) groups is 3. The lowest BCUT2D eigenvalue weighted by Crippen LogP contribution is -2.71. The molecular formula is C29H40F2O7. The van der Waals surface area contributed by atoms with Crippen LogP contribution in [0.4, 0.5) is 8.78 Å². The molecule has 9 heteroatoms.